The van der Waals surface area contributed by atoms with Gasteiger partial charge in [-0.3, -0.25) is 9.79 Å². The van der Waals surface area contributed by atoms with Crippen molar-refractivity contribution in [1.82, 2.24) is 15.1 Å². The lowest BCUT2D eigenvalue weighted by molar-refractivity contribution is -0.137. The summed E-state index contributed by atoms with van der Waals surface area (Å²) in [7, 11) is 0. The molecule has 1 heterocycles. The molecule has 1 aliphatic rings. The second-order valence-electron chi connectivity index (χ2n) is 8.26. The van der Waals surface area contributed by atoms with Gasteiger partial charge in [-0.25, -0.2) is 4.68 Å². The summed E-state index contributed by atoms with van der Waals surface area (Å²) >= 11 is 0. The number of amides is 1. The Bertz CT molecular complexity index is 1050. The Hall–Kier alpha value is -3.36. The van der Waals surface area contributed by atoms with Crippen molar-refractivity contribution in [3.63, 3.8) is 0 Å². The number of nitrogens with two attached hydrogens (primary N) is 1. The molecule has 0 saturated heterocycles. The number of allylic oxidation sites excluding steroid dienone is 1. The Balaban J connectivity index is 1.78. The van der Waals surface area contributed by atoms with Crippen LogP contribution in [-0.2, 0) is 11.6 Å². The van der Waals surface area contributed by atoms with Crippen molar-refractivity contribution < 1.29 is 18.0 Å². The molecule has 33 heavy (non-hydrogen) atoms. The first kappa shape index (κ1) is 24.3. The minimum Gasteiger partial charge on any atom is -0.382 e. The molecule has 1 amide bonds. The largest absolute Gasteiger partial charge is 0.416 e. The third-order valence-electron chi connectivity index (χ3n) is 6.03. The molecule has 1 aliphatic carbocycles. The molecule has 0 unspecified atom stereocenters. The number of hydrogen-bond donors (Lipinski definition) is 2. The summed E-state index contributed by atoms with van der Waals surface area (Å²) < 4.78 is 40.3. The standard InChI is InChI=1S/C24H28F3N5O/c1-3-13-29-14-21(28)32-15-20(17(2)31-32)22(33)30-16-23(11-5-4-6-12-23)18-7-9-19(10-8-18)24(25,26)27/h3,7-10,13-15H,1,4-6,11-12,16,28H2,2H3,(H,30,33)/b21-14+,29-13-. The number of nitrogens with zero attached hydrogens (tertiary/aromatic N) is 3. The van der Waals surface area contributed by atoms with E-state index in [-0.39, 0.29) is 11.7 Å². The van der Waals surface area contributed by atoms with Gasteiger partial charge in [0.2, 0.25) is 0 Å². The summed E-state index contributed by atoms with van der Waals surface area (Å²) in [4.78, 5) is 16.9. The van der Waals surface area contributed by atoms with Gasteiger partial charge in [0.05, 0.1) is 23.0 Å². The van der Waals surface area contributed by atoms with Crippen LogP contribution in [0.1, 0.15) is 59.3 Å². The van der Waals surface area contributed by atoms with Crippen molar-refractivity contribution in [3.05, 3.63) is 71.7 Å². The average molecular weight is 460 g/mol. The number of alkyl halides is 3. The monoisotopic (exact) mass is 459 g/mol. The van der Waals surface area contributed by atoms with Crippen LogP contribution in [0.2, 0.25) is 0 Å². The third-order valence-corrected chi connectivity index (χ3v) is 6.03. The van der Waals surface area contributed by atoms with Gasteiger partial charge in [-0.1, -0.05) is 44.1 Å². The van der Waals surface area contributed by atoms with E-state index in [1.807, 2.05) is 0 Å². The van der Waals surface area contributed by atoms with Gasteiger partial charge in [-0.2, -0.15) is 18.3 Å². The zero-order valence-electron chi connectivity index (χ0n) is 18.5. The number of aliphatic imine (C=N–C) groups is 1. The fraction of sp³-hybridized carbons (Fsp3) is 0.375. The maximum atomic E-state index is 13.0. The van der Waals surface area contributed by atoms with Gasteiger partial charge in [-0.15, -0.1) is 0 Å². The lowest BCUT2D eigenvalue weighted by atomic mass is 9.69. The van der Waals surface area contributed by atoms with Crippen LogP contribution in [-0.4, -0.2) is 28.4 Å². The topological polar surface area (TPSA) is 85.3 Å². The summed E-state index contributed by atoms with van der Waals surface area (Å²) in [6, 6.07) is 5.31. The summed E-state index contributed by atoms with van der Waals surface area (Å²) in [5.74, 6) is -0.0678. The van der Waals surface area contributed by atoms with Crippen LogP contribution in [0.3, 0.4) is 0 Å². The SMILES string of the molecule is C=C/C=N\C=C(/N)n1cc(C(=O)NCC2(c3ccc(C(F)(F)F)cc3)CCCCC2)c(C)n1. The predicted octanol–water partition coefficient (Wildman–Crippen LogP) is 4.81. The van der Waals surface area contributed by atoms with Crippen LogP contribution in [0.25, 0.3) is 5.82 Å². The van der Waals surface area contributed by atoms with Gasteiger partial charge in [0.25, 0.3) is 5.91 Å². The molecule has 6 nitrogen and oxygen atoms in total. The Morgan fingerprint density at radius 2 is 1.94 bits per heavy atom. The van der Waals surface area contributed by atoms with E-state index in [2.05, 4.69) is 22.0 Å². The first-order valence-electron chi connectivity index (χ1n) is 10.8. The van der Waals surface area contributed by atoms with E-state index in [9.17, 15) is 18.0 Å². The highest BCUT2D eigenvalue weighted by Crippen LogP contribution is 2.40. The number of hydrogen-bond acceptors (Lipinski definition) is 4. The Kier molecular flexibility index (Phi) is 7.40. The molecular weight excluding hydrogens is 431 g/mol. The summed E-state index contributed by atoms with van der Waals surface area (Å²) in [5, 5.41) is 7.25. The molecule has 1 saturated carbocycles. The summed E-state index contributed by atoms with van der Waals surface area (Å²) in [6.45, 7) is 5.56. The average Bonchev–Trinajstić information content (AvgIpc) is 3.19. The molecular formula is C24H28F3N5O. The first-order chi connectivity index (χ1) is 15.7. The van der Waals surface area contributed by atoms with Crippen LogP contribution < -0.4 is 11.1 Å². The fourth-order valence-electron chi connectivity index (χ4n) is 4.21. The van der Waals surface area contributed by atoms with E-state index in [1.54, 1.807) is 19.1 Å². The highest BCUT2D eigenvalue weighted by atomic mass is 19.4. The van der Waals surface area contributed by atoms with Crippen molar-refractivity contribution in [1.29, 1.82) is 0 Å². The molecule has 0 bridgehead atoms. The number of benzene rings is 1. The predicted molar refractivity (Wildman–Crippen MR) is 123 cm³/mol. The molecule has 2 aromatic rings. The number of carbonyl (C=O) groups is 1. The van der Waals surface area contributed by atoms with Crippen molar-refractivity contribution in [2.24, 2.45) is 10.7 Å². The summed E-state index contributed by atoms with van der Waals surface area (Å²) in [6.07, 6.45) is 6.13. The number of aryl methyl sites for hydroxylation is 1. The lowest BCUT2D eigenvalue weighted by Crippen LogP contribution is -2.42. The van der Waals surface area contributed by atoms with Gasteiger partial charge in [0.15, 0.2) is 0 Å². The molecule has 0 atom stereocenters. The van der Waals surface area contributed by atoms with Gasteiger partial charge in [0, 0.05) is 24.4 Å². The summed E-state index contributed by atoms with van der Waals surface area (Å²) in [5.41, 5.74) is 6.57. The quantitative estimate of drug-likeness (QED) is 0.583. The molecule has 9 heteroatoms. The zero-order valence-corrected chi connectivity index (χ0v) is 18.5. The van der Waals surface area contributed by atoms with Crippen LogP contribution in [0.5, 0.6) is 0 Å². The first-order valence-corrected chi connectivity index (χ1v) is 10.8. The second-order valence-corrected chi connectivity index (χ2v) is 8.26. The van der Waals surface area contributed by atoms with E-state index in [4.69, 9.17) is 5.73 Å². The number of nitrogens with one attached hydrogen (secondary N) is 1. The number of carbonyl (C=O) groups excluding carboxylic acids is 1. The maximum absolute atomic E-state index is 13.0. The number of halogens is 3. The normalized spacial score (nSPS) is 16.7. The highest BCUT2D eigenvalue weighted by molar-refractivity contribution is 5.95. The van der Waals surface area contributed by atoms with Crippen molar-refractivity contribution in [2.45, 2.75) is 50.6 Å². The Labute approximate surface area is 191 Å². The highest BCUT2D eigenvalue weighted by Gasteiger charge is 2.36. The van der Waals surface area contributed by atoms with Crippen LogP contribution in [0.4, 0.5) is 13.2 Å². The molecule has 3 N–H and O–H groups in total. The van der Waals surface area contributed by atoms with Crippen LogP contribution in [0.15, 0.2) is 54.3 Å². The molecule has 0 aliphatic heterocycles. The van der Waals surface area contributed by atoms with Crippen LogP contribution >= 0.6 is 0 Å². The van der Waals surface area contributed by atoms with Crippen molar-refractivity contribution in [2.75, 3.05) is 6.54 Å². The zero-order chi connectivity index (χ0) is 24.1. The maximum Gasteiger partial charge on any atom is 0.416 e. The molecule has 3 rings (SSSR count). The minimum atomic E-state index is -4.38. The molecule has 0 radical (unpaired) electrons. The number of aromatic nitrogens is 2. The van der Waals surface area contributed by atoms with Crippen molar-refractivity contribution in [3.8, 4) is 0 Å². The molecule has 1 aromatic carbocycles. The molecule has 1 fully saturated rings. The Morgan fingerprint density at radius 3 is 2.55 bits per heavy atom. The van der Waals surface area contributed by atoms with Gasteiger partial charge in [-0.05, 0) is 37.5 Å². The molecule has 1 aromatic heterocycles. The smallest absolute Gasteiger partial charge is 0.382 e. The van der Waals surface area contributed by atoms with E-state index >= 15 is 0 Å². The van der Waals surface area contributed by atoms with Gasteiger partial charge >= 0.3 is 6.18 Å². The fourth-order valence-corrected chi connectivity index (χ4v) is 4.21. The van der Waals surface area contributed by atoms with E-state index in [0.717, 1.165) is 49.8 Å². The second kappa shape index (κ2) is 10.1. The Morgan fingerprint density at radius 1 is 1.27 bits per heavy atom. The molecule has 176 valence electrons. The minimum absolute atomic E-state index is 0.240. The number of rotatable bonds is 7. The third kappa shape index (κ3) is 5.71. The van der Waals surface area contributed by atoms with Crippen molar-refractivity contribution >= 4 is 17.9 Å². The molecule has 0 spiro atoms. The van der Waals surface area contributed by atoms with E-state index in [1.165, 1.54) is 29.4 Å². The lowest BCUT2D eigenvalue weighted by Gasteiger charge is -2.38. The van der Waals surface area contributed by atoms with E-state index < -0.39 is 17.2 Å². The van der Waals surface area contributed by atoms with Gasteiger partial charge in [0.1, 0.15) is 5.82 Å². The van der Waals surface area contributed by atoms with Crippen LogP contribution in [0, 0.1) is 6.92 Å². The van der Waals surface area contributed by atoms with E-state index in [0.29, 0.717) is 17.8 Å². The van der Waals surface area contributed by atoms with Gasteiger partial charge < -0.3 is 11.1 Å².